The fourth-order valence-electron chi connectivity index (χ4n) is 0.255. The molecule has 0 unspecified atom stereocenters. The Hall–Kier alpha value is -0.860. The van der Waals surface area contributed by atoms with E-state index in [0.29, 0.717) is 0 Å². The predicted octanol–water partition coefficient (Wildman–Crippen LogP) is 0.847. The molecule has 0 fully saturated rings. The third kappa shape index (κ3) is 1.73. The van der Waals surface area contributed by atoms with Crippen molar-refractivity contribution in [1.29, 1.82) is 0 Å². The van der Waals surface area contributed by atoms with E-state index in [4.69, 9.17) is 5.73 Å². The Morgan fingerprint density at radius 1 is 1.75 bits per heavy atom. The molecule has 2 nitrogen and oxygen atoms in total. The molecule has 0 bridgehead atoms. The van der Waals surface area contributed by atoms with Gasteiger partial charge in [0.2, 0.25) is 0 Å². The average Bonchev–Trinajstić information content (AvgIpc) is 1.84. The molecule has 0 aliphatic heterocycles. The van der Waals surface area contributed by atoms with E-state index in [-0.39, 0.29) is 5.84 Å². The number of aliphatic imine (C=N–C) groups is 1. The molecule has 0 aromatic rings. The molecule has 0 radical (unpaired) electrons. The normalized spacial score (nSPS) is 14.4. The lowest BCUT2D eigenvalue weighted by Crippen LogP contribution is -2.11. The fraction of sp³-hybridized carbons (Fsp3) is 0.400. The zero-order chi connectivity index (χ0) is 6.57. The molecule has 0 atom stereocenters. The van der Waals surface area contributed by atoms with Gasteiger partial charge in [-0.2, -0.15) is 0 Å². The first-order chi connectivity index (χ1) is 3.72. The summed E-state index contributed by atoms with van der Waals surface area (Å²) in [4.78, 5) is 3.41. The largest absolute Gasteiger partial charge is 0.382 e. The number of nitrogens with zero attached hydrogens (tertiary/aromatic N) is 1. The van der Waals surface area contributed by atoms with Crippen LogP contribution >= 0.6 is 0 Å². The van der Waals surface area contributed by atoms with Gasteiger partial charge in [0.1, 0.15) is 0 Å². The van der Waals surface area contributed by atoms with Gasteiger partial charge in [0, 0.05) is 7.05 Å². The number of amidine groups is 1. The van der Waals surface area contributed by atoms with Gasteiger partial charge in [-0.25, -0.2) is 4.39 Å². The first-order valence-electron chi connectivity index (χ1n) is 2.26. The molecule has 0 heterocycles. The molecule has 46 valence electrons. The number of allylic oxidation sites excluding steroid dienone is 1. The van der Waals surface area contributed by atoms with E-state index in [1.807, 2.05) is 0 Å². The van der Waals surface area contributed by atoms with E-state index >= 15 is 0 Å². The van der Waals surface area contributed by atoms with Crippen LogP contribution in [0.2, 0.25) is 0 Å². The Balaban J connectivity index is 4.04. The Kier molecular flexibility index (Phi) is 2.84. The number of nitrogens with two attached hydrogens (primary N) is 1. The van der Waals surface area contributed by atoms with Crippen molar-refractivity contribution in [2.24, 2.45) is 10.7 Å². The summed E-state index contributed by atoms with van der Waals surface area (Å²) in [5.41, 5.74) is 5.03. The highest BCUT2D eigenvalue weighted by Crippen LogP contribution is 1.92. The average molecular weight is 116 g/mol. The van der Waals surface area contributed by atoms with Crippen LogP contribution in [0.4, 0.5) is 4.39 Å². The molecule has 0 spiro atoms. The van der Waals surface area contributed by atoms with Crippen LogP contribution < -0.4 is 5.73 Å². The second-order valence-corrected chi connectivity index (χ2v) is 1.25. The lowest BCUT2D eigenvalue weighted by molar-refractivity contribution is 0.676. The second kappa shape index (κ2) is 3.18. The lowest BCUT2D eigenvalue weighted by Gasteiger charge is -1.89. The smallest absolute Gasteiger partial charge is 0.160 e. The second-order valence-electron chi connectivity index (χ2n) is 1.25. The Morgan fingerprint density at radius 2 is 2.25 bits per heavy atom. The van der Waals surface area contributed by atoms with Crippen molar-refractivity contribution >= 4 is 5.84 Å². The molecule has 8 heavy (non-hydrogen) atoms. The Morgan fingerprint density at radius 3 is 2.38 bits per heavy atom. The van der Waals surface area contributed by atoms with E-state index in [0.717, 1.165) is 0 Å². The van der Waals surface area contributed by atoms with E-state index < -0.39 is 5.83 Å². The van der Waals surface area contributed by atoms with E-state index in [2.05, 4.69) is 4.99 Å². The summed E-state index contributed by atoms with van der Waals surface area (Å²) in [6.07, 6.45) is 1.27. The molecule has 0 aromatic carbocycles. The number of rotatable bonds is 1. The quantitative estimate of drug-likeness (QED) is 0.400. The van der Waals surface area contributed by atoms with Crippen LogP contribution in [0.15, 0.2) is 16.9 Å². The van der Waals surface area contributed by atoms with Crippen molar-refractivity contribution in [2.45, 2.75) is 6.92 Å². The van der Waals surface area contributed by atoms with Gasteiger partial charge in [-0.1, -0.05) is 0 Å². The predicted molar refractivity (Wildman–Crippen MR) is 32.4 cm³/mol. The summed E-state index contributed by atoms with van der Waals surface area (Å²) in [5, 5.41) is 0. The van der Waals surface area contributed by atoms with Gasteiger partial charge in [-0.15, -0.1) is 0 Å². The van der Waals surface area contributed by atoms with Crippen LogP contribution in [-0.2, 0) is 0 Å². The number of hydrogen-bond acceptors (Lipinski definition) is 1. The maximum atomic E-state index is 12.1. The van der Waals surface area contributed by atoms with Crippen molar-refractivity contribution in [1.82, 2.24) is 0 Å². The van der Waals surface area contributed by atoms with Crippen molar-refractivity contribution in [2.75, 3.05) is 7.05 Å². The van der Waals surface area contributed by atoms with Crippen LogP contribution in [-0.4, -0.2) is 12.9 Å². The third-order valence-electron chi connectivity index (χ3n) is 0.739. The zero-order valence-electron chi connectivity index (χ0n) is 4.98. The van der Waals surface area contributed by atoms with Crippen LogP contribution in [0.1, 0.15) is 6.92 Å². The molecule has 0 aliphatic rings. The maximum Gasteiger partial charge on any atom is 0.160 e. The highest BCUT2D eigenvalue weighted by Gasteiger charge is 1.93. The van der Waals surface area contributed by atoms with Gasteiger partial charge >= 0.3 is 0 Å². The Labute approximate surface area is 47.9 Å². The Bertz CT molecular complexity index is 110. The summed E-state index contributed by atoms with van der Waals surface area (Å²) >= 11 is 0. The van der Waals surface area contributed by atoms with Gasteiger partial charge in [-0.3, -0.25) is 4.99 Å². The van der Waals surface area contributed by atoms with Crippen LogP contribution in [0.25, 0.3) is 0 Å². The van der Waals surface area contributed by atoms with Gasteiger partial charge in [0.05, 0.1) is 0 Å². The zero-order valence-corrected chi connectivity index (χ0v) is 4.98. The number of hydrogen-bond donors (Lipinski definition) is 1. The van der Waals surface area contributed by atoms with E-state index in [9.17, 15) is 4.39 Å². The van der Waals surface area contributed by atoms with Crippen LogP contribution in [0, 0.1) is 0 Å². The minimum absolute atomic E-state index is 0.0486. The van der Waals surface area contributed by atoms with E-state index in [1.54, 1.807) is 6.92 Å². The summed E-state index contributed by atoms with van der Waals surface area (Å²) in [5.74, 6) is -0.514. The van der Waals surface area contributed by atoms with Gasteiger partial charge in [0.25, 0.3) is 0 Å². The minimum atomic E-state index is -0.465. The number of halogens is 1. The molecular weight excluding hydrogens is 107 g/mol. The minimum Gasteiger partial charge on any atom is -0.382 e. The molecular formula is C5H9FN2. The van der Waals surface area contributed by atoms with Gasteiger partial charge < -0.3 is 5.73 Å². The van der Waals surface area contributed by atoms with Gasteiger partial charge in [0.15, 0.2) is 11.7 Å². The molecule has 0 aromatic heterocycles. The molecule has 0 saturated heterocycles. The summed E-state index contributed by atoms with van der Waals surface area (Å²) in [6, 6.07) is 0. The molecule has 0 aliphatic carbocycles. The fourth-order valence-corrected chi connectivity index (χ4v) is 0.255. The summed E-state index contributed by atoms with van der Waals surface area (Å²) in [6.45, 7) is 1.56. The van der Waals surface area contributed by atoms with Crippen LogP contribution in [0.3, 0.4) is 0 Å². The first kappa shape index (κ1) is 7.14. The molecule has 0 amide bonds. The van der Waals surface area contributed by atoms with Crippen LogP contribution in [0.5, 0.6) is 0 Å². The first-order valence-corrected chi connectivity index (χ1v) is 2.26. The monoisotopic (exact) mass is 116 g/mol. The molecule has 0 rings (SSSR count). The van der Waals surface area contributed by atoms with Crippen molar-refractivity contribution in [3.8, 4) is 0 Å². The summed E-state index contributed by atoms with van der Waals surface area (Å²) < 4.78 is 12.1. The summed E-state index contributed by atoms with van der Waals surface area (Å²) in [7, 11) is 1.44. The van der Waals surface area contributed by atoms with Crippen molar-refractivity contribution < 1.29 is 4.39 Å². The van der Waals surface area contributed by atoms with Crippen molar-refractivity contribution in [3.63, 3.8) is 0 Å². The highest BCUT2D eigenvalue weighted by atomic mass is 19.1. The van der Waals surface area contributed by atoms with Gasteiger partial charge in [-0.05, 0) is 13.0 Å². The highest BCUT2D eigenvalue weighted by molar-refractivity contribution is 5.94. The topological polar surface area (TPSA) is 38.4 Å². The van der Waals surface area contributed by atoms with Crippen molar-refractivity contribution in [3.05, 3.63) is 11.9 Å². The molecule has 3 heteroatoms. The van der Waals surface area contributed by atoms with E-state index in [1.165, 1.54) is 13.1 Å². The third-order valence-corrected chi connectivity index (χ3v) is 0.739. The maximum absolute atomic E-state index is 12.1. The molecule has 2 N–H and O–H groups in total. The SMILES string of the molecule is C/C=C(/F)C(N)=NC. The lowest BCUT2D eigenvalue weighted by atomic mass is 10.5. The standard InChI is InChI=1S/C5H9FN2/c1-3-4(6)5(7)8-2/h3H,1-2H3,(H2,7,8)/b4-3+. The molecule has 0 saturated carbocycles.